The van der Waals surface area contributed by atoms with Crippen LogP contribution in [0.25, 0.3) is 0 Å². The Balaban J connectivity index is 1.60. The van der Waals surface area contributed by atoms with Crippen molar-refractivity contribution in [2.75, 3.05) is 24.3 Å². The van der Waals surface area contributed by atoms with Crippen LogP contribution in [0.5, 0.6) is 5.75 Å². The molecule has 0 bridgehead atoms. The number of halogens is 1. The monoisotopic (exact) mass is 398 g/mol. The minimum absolute atomic E-state index is 0.0629. The van der Waals surface area contributed by atoms with Crippen LogP contribution in [0.15, 0.2) is 34.9 Å². The number of ether oxygens (including phenoxy) is 2. The topological polar surface area (TPSA) is 90.7 Å². The number of rotatable bonds is 9. The first kappa shape index (κ1) is 20.1. The molecule has 1 amide bonds. The van der Waals surface area contributed by atoms with E-state index in [2.05, 4.69) is 10.5 Å². The van der Waals surface area contributed by atoms with E-state index in [1.165, 1.54) is 11.8 Å². The SMILES string of the molecule is Cc1cc(NC(=O)[C@@H](C)SCC(=O)OCCOc2ccc(Cl)cc2)no1. The van der Waals surface area contributed by atoms with Crippen LogP contribution in [0.3, 0.4) is 0 Å². The average molecular weight is 399 g/mol. The first-order valence-electron chi connectivity index (χ1n) is 7.84. The van der Waals surface area contributed by atoms with Gasteiger partial charge in [-0.3, -0.25) is 9.59 Å². The zero-order chi connectivity index (χ0) is 18.9. The van der Waals surface area contributed by atoms with Crippen LogP contribution in [0.4, 0.5) is 5.82 Å². The molecule has 1 heterocycles. The number of hydrogen-bond donors (Lipinski definition) is 1. The quantitative estimate of drug-likeness (QED) is 0.511. The third kappa shape index (κ3) is 6.97. The molecule has 0 saturated heterocycles. The highest BCUT2D eigenvalue weighted by molar-refractivity contribution is 8.01. The number of carbonyl (C=O) groups excluding carboxylic acids is 2. The number of nitrogens with zero attached hydrogens (tertiary/aromatic N) is 1. The van der Waals surface area contributed by atoms with E-state index in [4.69, 9.17) is 25.6 Å². The standard InChI is InChI=1S/C17H19ClN2O5S/c1-11-9-15(20-25-11)19-17(22)12(2)26-10-16(21)24-8-7-23-14-5-3-13(18)4-6-14/h3-6,9,12H,7-8,10H2,1-2H3,(H,19,20,22)/t12-/m1/s1. The van der Waals surface area contributed by atoms with E-state index in [1.54, 1.807) is 44.2 Å². The van der Waals surface area contributed by atoms with Crippen molar-refractivity contribution >= 4 is 41.1 Å². The second-order valence-corrected chi connectivity index (χ2v) is 7.05. The van der Waals surface area contributed by atoms with Gasteiger partial charge in [0.1, 0.15) is 24.7 Å². The molecule has 1 atom stereocenters. The van der Waals surface area contributed by atoms with E-state index in [9.17, 15) is 9.59 Å². The lowest BCUT2D eigenvalue weighted by molar-refractivity contribution is -0.141. The second kappa shape index (κ2) is 10.1. The summed E-state index contributed by atoms with van der Waals surface area (Å²) in [6, 6.07) is 8.51. The summed E-state index contributed by atoms with van der Waals surface area (Å²) in [5.41, 5.74) is 0. The third-order valence-electron chi connectivity index (χ3n) is 3.13. The van der Waals surface area contributed by atoms with E-state index in [-0.39, 0.29) is 24.9 Å². The van der Waals surface area contributed by atoms with Gasteiger partial charge in [0.2, 0.25) is 5.91 Å². The Bertz CT molecular complexity index is 735. The maximum absolute atomic E-state index is 12.0. The molecule has 0 radical (unpaired) electrons. The van der Waals surface area contributed by atoms with Gasteiger partial charge < -0.3 is 19.3 Å². The molecule has 7 nitrogen and oxygen atoms in total. The highest BCUT2D eigenvalue weighted by Gasteiger charge is 2.17. The molecule has 0 aliphatic carbocycles. The molecule has 1 aromatic heterocycles. The molecule has 1 aromatic carbocycles. The number of anilines is 1. The largest absolute Gasteiger partial charge is 0.490 e. The van der Waals surface area contributed by atoms with Crippen molar-refractivity contribution in [1.29, 1.82) is 0 Å². The van der Waals surface area contributed by atoms with Crippen LogP contribution in [0.2, 0.25) is 5.02 Å². The van der Waals surface area contributed by atoms with Crippen LogP contribution < -0.4 is 10.1 Å². The van der Waals surface area contributed by atoms with Gasteiger partial charge in [-0.25, -0.2) is 0 Å². The van der Waals surface area contributed by atoms with Crippen LogP contribution in [-0.4, -0.2) is 41.2 Å². The Morgan fingerprint density at radius 1 is 1.31 bits per heavy atom. The number of hydrogen-bond acceptors (Lipinski definition) is 7. The Hall–Kier alpha value is -2.19. The molecular weight excluding hydrogens is 380 g/mol. The van der Waals surface area contributed by atoms with Gasteiger partial charge in [0, 0.05) is 11.1 Å². The summed E-state index contributed by atoms with van der Waals surface area (Å²) in [5, 5.41) is 6.48. The highest BCUT2D eigenvalue weighted by Crippen LogP contribution is 2.16. The zero-order valence-electron chi connectivity index (χ0n) is 14.4. The van der Waals surface area contributed by atoms with Gasteiger partial charge >= 0.3 is 5.97 Å². The van der Waals surface area contributed by atoms with Crippen molar-refractivity contribution in [3.8, 4) is 5.75 Å². The Kier molecular flexibility index (Phi) is 7.80. The molecule has 9 heteroatoms. The number of aromatic nitrogens is 1. The summed E-state index contributed by atoms with van der Waals surface area (Å²) < 4.78 is 15.4. The number of thioether (sulfide) groups is 1. The summed E-state index contributed by atoms with van der Waals surface area (Å²) in [6.45, 7) is 3.79. The molecule has 0 unspecified atom stereocenters. The van der Waals surface area contributed by atoms with Gasteiger partial charge in [0.25, 0.3) is 0 Å². The molecule has 0 aliphatic heterocycles. The molecule has 2 aromatic rings. The average Bonchev–Trinajstić information content (AvgIpc) is 3.02. The summed E-state index contributed by atoms with van der Waals surface area (Å²) in [5.74, 6) is 0.988. The maximum Gasteiger partial charge on any atom is 0.316 e. The predicted molar refractivity (Wildman–Crippen MR) is 99.7 cm³/mol. The first-order chi connectivity index (χ1) is 12.4. The minimum Gasteiger partial charge on any atom is -0.490 e. The smallest absolute Gasteiger partial charge is 0.316 e. The fourth-order valence-corrected chi connectivity index (χ4v) is 2.62. The van der Waals surface area contributed by atoms with E-state index < -0.39 is 11.2 Å². The molecule has 0 aliphatic rings. The van der Waals surface area contributed by atoms with E-state index in [0.717, 1.165) is 0 Å². The van der Waals surface area contributed by atoms with E-state index in [0.29, 0.717) is 22.4 Å². The summed E-state index contributed by atoms with van der Waals surface area (Å²) in [6.07, 6.45) is 0. The molecule has 0 spiro atoms. The molecule has 2 rings (SSSR count). The maximum atomic E-state index is 12.0. The number of amides is 1. The van der Waals surface area contributed by atoms with Crippen LogP contribution in [0, 0.1) is 6.92 Å². The lowest BCUT2D eigenvalue weighted by atomic mass is 10.3. The zero-order valence-corrected chi connectivity index (χ0v) is 15.9. The predicted octanol–water partition coefficient (Wildman–Crippen LogP) is 3.32. The first-order valence-corrected chi connectivity index (χ1v) is 9.26. The second-order valence-electron chi connectivity index (χ2n) is 5.29. The van der Waals surface area contributed by atoms with Crippen molar-refractivity contribution in [2.45, 2.75) is 19.1 Å². The lowest BCUT2D eigenvalue weighted by Crippen LogP contribution is -2.24. The molecule has 0 fully saturated rings. The summed E-state index contributed by atoms with van der Waals surface area (Å²) in [7, 11) is 0. The lowest BCUT2D eigenvalue weighted by Gasteiger charge is -2.10. The van der Waals surface area contributed by atoms with Gasteiger partial charge in [-0.1, -0.05) is 16.8 Å². The Labute approximate surface area is 160 Å². The van der Waals surface area contributed by atoms with Crippen molar-refractivity contribution in [2.24, 2.45) is 0 Å². The number of aryl methyl sites for hydroxylation is 1. The normalized spacial score (nSPS) is 11.7. The van der Waals surface area contributed by atoms with Gasteiger partial charge in [-0.15, -0.1) is 11.8 Å². The number of esters is 1. The van der Waals surface area contributed by atoms with Crippen molar-refractivity contribution in [3.63, 3.8) is 0 Å². The Morgan fingerprint density at radius 2 is 2.04 bits per heavy atom. The van der Waals surface area contributed by atoms with Gasteiger partial charge in [0.05, 0.1) is 11.0 Å². The minimum atomic E-state index is -0.440. The van der Waals surface area contributed by atoms with Crippen molar-refractivity contribution < 1.29 is 23.6 Å². The molecular formula is C17H19ClN2O5S. The van der Waals surface area contributed by atoms with Crippen LogP contribution in [-0.2, 0) is 14.3 Å². The molecule has 26 heavy (non-hydrogen) atoms. The van der Waals surface area contributed by atoms with E-state index >= 15 is 0 Å². The van der Waals surface area contributed by atoms with Crippen LogP contribution >= 0.6 is 23.4 Å². The number of benzene rings is 1. The van der Waals surface area contributed by atoms with Crippen molar-refractivity contribution in [3.05, 3.63) is 41.1 Å². The highest BCUT2D eigenvalue weighted by atomic mass is 35.5. The fourth-order valence-electron chi connectivity index (χ4n) is 1.81. The van der Waals surface area contributed by atoms with E-state index in [1.807, 2.05) is 0 Å². The Morgan fingerprint density at radius 3 is 2.69 bits per heavy atom. The fraction of sp³-hybridized carbons (Fsp3) is 0.353. The molecule has 1 N–H and O–H groups in total. The van der Waals surface area contributed by atoms with Crippen molar-refractivity contribution in [1.82, 2.24) is 5.16 Å². The third-order valence-corrected chi connectivity index (χ3v) is 4.50. The molecule has 0 saturated carbocycles. The summed E-state index contributed by atoms with van der Waals surface area (Å²) >= 11 is 6.95. The summed E-state index contributed by atoms with van der Waals surface area (Å²) in [4.78, 5) is 23.7. The molecule has 140 valence electrons. The van der Waals surface area contributed by atoms with Crippen LogP contribution in [0.1, 0.15) is 12.7 Å². The number of nitrogens with one attached hydrogen (secondary N) is 1. The van der Waals surface area contributed by atoms with Gasteiger partial charge in [-0.05, 0) is 38.1 Å². The van der Waals surface area contributed by atoms with Gasteiger partial charge in [0.15, 0.2) is 5.82 Å². The number of carbonyl (C=O) groups is 2. The van der Waals surface area contributed by atoms with Gasteiger partial charge in [-0.2, -0.15) is 0 Å².